The highest BCUT2D eigenvalue weighted by molar-refractivity contribution is 7.89. The Labute approximate surface area is 105 Å². The summed E-state index contributed by atoms with van der Waals surface area (Å²) in [5.41, 5.74) is -0.542. The molecule has 18 heavy (non-hydrogen) atoms. The Bertz CT molecular complexity index is 566. The molecule has 2 atom stereocenters. The van der Waals surface area contributed by atoms with Crippen LogP contribution in [0, 0.1) is 5.92 Å². The normalized spacial score (nSPS) is 24.3. The molecule has 7 heteroatoms. The summed E-state index contributed by atoms with van der Waals surface area (Å²) in [5, 5.41) is 9.16. The van der Waals surface area contributed by atoms with Crippen molar-refractivity contribution in [2.24, 2.45) is 5.92 Å². The minimum Gasteiger partial charge on any atom is -0.396 e. The van der Waals surface area contributed by atoms with Crippen molar-refractivity contribution < 1.29 is 13.5 Å². The maximum absolute atomic E-state index is 12.1. The zero-order valence-electron chi connectivity index (χ0n) is 9.80. The Hall–Kier alpha value is -1.18. The largest absolute Gasteiger partial charge is 0.396 e. The van der Waals surface area contributed by atoms with Gasteiger partial charge < -0.3 is 10.1 Å². The number of aliphatic hydroxyl groups is 1. The number of sulfonamides is 1. The van der Waals surface area contributed by atoms with Gasteiger partial charge in [-0.3, -0.25) is 4.79 Å². The van der Waals surface area contributed by atoms with Crippen molar-refractivity contribution >= 4 is 10.0 Å². The summed E-state index contributed by atoms with van der Waals surface area (Å²) >= 11 is 0. The summed E-state index contributed by atoms with van der Waals surface area (Å²) in [4.78, 5) is 13.8. The van der Waals surface area contributed by atoms with Gasteiger partial charge in [-0.2, -0.15) is 0 Å². The van der Waals surface area contributed by atoms with Gasteiger partial charge in [0, 0.05) is 31.1 Å². The van der Waals surface area contributed by atoms with Crippen molar-refractivity contribution in [3.05, 3.63) is 28.7 Å². The Kier molecular flexibility index (Phi) is 3.84. The van der Waals surface area contributed by atoms with Gasteiger partial charge in [0.15, 0.2) is 0 Å². The summed E-state index contributed by atoms with van der Waals surface area (Å²) in [6, 6.07) is 0.881. The first kappa shape index (κ1) is 13.3. The number of hydrogen-bond acceptors (Lipinski definition) is 4. The Balaban J connectivity index is 2.23. The summed E-state index contributed by atoms with van der Waals surface area (Å²) in [6.07, 6.45) is 4.93. The molecule has 0 aliphatic heterocycles. The van der Waals surface area contributed by atoms with Crippen LogP contribution in [0.2, 0.25) is 0 Å². The fourth-order valence-corrected chi connectivity index (χ4v) is 3.68. The molecule has 0 spiro atoms. The van der Waals surface area contributed by atoms with E-state index in [0.717, 1.165) is 12.8 Å². The van der Waals surface area contributed by atoms with Gasteiger partial charge in [0.1, 0.15) is 4.90 Å². The number of H-pyrrole nitrogens is 1. The molecule has 1 fully saturated rings. The van der Waals surface area contributed by atoms with E-state index in [9.17, 15) is 13.2 Å². The third-order valence-electron chi connectivity index (χ3n) is 3.28. The fraction of sp³-hybridized carbons (Fsp3) is 0.545. The predicted octanol–water partition coefficient (Wildman–Crippen LogP) is -0.186. The highest BCUT2D eigenvalue weighted by atomic mass is 32.2. The van der Waals surface area contributed by atoms with Crippen LogP contribution >= 0.6 is 0 Å². The zero-order valence-corrected chi connectivity index (χ0v) is 10.6. The van der Waals surface area contributed by atoms with Crippen LogP contribution in [-0.2, 0) is 10.0 Å². The molecule has 1 aromatic rings. The highest BCUT2D eigenvalue weighted by Crippen LogP contribution is 2.26. The zero-order chi connectivity index (χ0) is 13.2. The van der Waals surface area contributed by atoms with Crippen LogP contribution in [0.4, 0.5) is 0 Å². The summed E-state index contributed by atoms with van der Waals surface area (Å²) in [6.45, 7) is -0.0433. The molecule has 6 nitrogen and oxygen atoms in total. The lowest BCUT2D eigenvalue weighted by Crippen LogP contribution is -2.40. The minimum absolute atomic E-state index is 0.0433. The number of aliphatic hydroxyl groups excluding tert-OH is 1. The maximum atomic E-state index is 12.1. The second-order valence-electron chi connectivity index (χ2n) is 4.47. The van der Waals surface area contributed by atoms with E-state index in [4.69, 9.17) is 5.11 Å². The number of pyridine rings is 1. The van der Waals surface area contributed by atoms with Gasteiger partial charge in [-0.1, -0.05) is 6.42 Å². The van der Waals surface area contributed by atoms with Crippen LogP contribution < -0.4 is 10.2 Å². The summed E-state index contributed by atoms with van der Waals surface area (Å²) in [7, 11) is -3.82. The monoisotopic (exact) mass is 272 g/mol. The van der Waals surface area contributed by atoms with Gasteiger partial charge in [0.2, 0.25) is 15.5 Å². The van der Waals surface area contributed by atoms with Crippen LogP contribution in [0.25, 0.3) is 0 Å². The molecule has 1 aromatic heterocycles. The summed E-state index contributed by atoms with van der Waals surface area (Å²) in [5.74, 6) is -0.0671. The van der Waals surface area contributed by atoms with Gasteiger partial charge >= 0.3 is 0 Å². The van der Waals surface area contributed by atoms with Gasteiger partial charge in [0.05, 0.1) is 0 Å². The van der Waals surface area contributed by atoms with Crippen LogP contribution in [-0.4, -0.2) is 31.2 Å². The van der Waals surface area contributed by atoms with Crippen molar-refractivity contribution in [1.29, 1.82) is 0 Å². The second-order valence-corrected chi connectivity index (χ2v) is 6.16. The first-order chi connectivity index (χ1) is 8.54. The van der Waals surface area contributed by atoms with Crippen molar-refractivity contribution in [2.45, 2.75) is 30.2 Å². The van der Waals surface area contributed by atoms with Crippen molar-refractivity contribution in [2.75, 3.05) is 6.61 Å². The Morgan fingerprint density at radius 2 is 2.22 bits per heavy atom. The Morgan fingerprint density at radius 1 is 1.44 bits per heavy atom. The SMILES string of the molecule is O=c1cc[nH]cc1S(=O)(=O)NC1CCCC1CO. The van der Waals surface area contributed by atoms with Crippen molar-refractivity contribution in [1.82, 2.24) is 9.71 Å². The van der Waals surface area contributed by atoms with Crippen molar-refractivity contribution in [3.63, 3.8) is 0 Å². The molecule has 0 amide bonds. The molecule has 1 aliphatic rings. The molecule has 100 valence electrons. The molecule has 1 heterocycles. The van der Waals surface area contributed by atoms with E-state index in [1.165, 1.54) is 18.5 Å². The molecule has 1 aliphatic carbocycles. The maximum Gasteiger partial charge on any atom is 0.246 e. The molecular weight excluding hydrogens is 256 g/mol. The van der Waals surface area contributed by atoms with Crippen molar-refractivity contribution in [3.8, 4) is 0 Å². The van der Waals surface area contributed by atoms with E-state index in [-0.39, 0.29) is 23.5 Å². The smallest absolute Gasteiger partial charge is 0.246 e. The fourth-order valence-electron chi connectivity index (χ4n) is 2.28. The molecule has 0 aromatic carbocycles. The first-order valence-corrected chi connectivity index (χ1v) is 7.33. The van der Waals surface area contributed by atoms with Gasteiger partial charge in [-0.15, -0.1) is 0 Å². The number of aromatic amines is 1. The van der Waals surface area contributed by atoms with E-state index in [2.05, 4.69) is 9.71 Å². The quantitative estimate of drug-likeness (QED) is 0.707. The van der Waals surface area contributed by atoms with Gasteiger partial charge in [-0.25, -0.2) is 13.1 Å². The van der Waals surface area contributed by atoms with E-state index in [1.807, 2.05) is 0 Å². The topological polar surface area (TPSA) is 99.3 Å². The average Bonchev–Trinajstić information content (AvgIpc) is 2.76. The van der Waals surface area contributed by atoms with Crippen LogP contribution in [0.1, 0.15) is 19.3 Å². The molecule has 0 saturated heterocycles. The second kappa shape index (κ2) is 5.21. The summed E-state index contributed by atoms with van der Waals surface area (Å²) < 4.78 is 26.6. The predicted molar refractivity (Wildman–Crippen MR) is 65.6 cm³/mol. The number of aromatic nitrogens is 1. The third-order valence-corrected chi connectivity index (χ3v) is 4.79. The van der Waals surface area contributed by atoms with Crippen LogP contribution in [0.15, 0.2) is 28.2 Å². The van der Waals surface area contributed by atoms with E-state index in [0.29, 0.717) is 6.42 Å². The molecule has 2 unspecified atom stereocenters. The molecule has 3 N–H and O–H groups in total. The minimum atomic E-state index is -3.82. The lowest BCUT2D eigenvalue weighted by molar-refractivity contribution is 0.213. The molecule has 2 rings (SSSR count). The molecule has 0 radical (unpaired) electrons. The van der Waals surface area contributed by atoms with E-state index >= 15 is 0 Å². The van der Waals surface area contributed by atoms with Gasteiger partial charge in [0.25, 0.3) is 0 Å². The standard InChI is InChI=1S/C11H16N2O4S/c14-7-8-2-1-3-9(8)13-18(16,17)11-6-12-5-4-10(11)15/h4-6,8-9,13-14H,1-3,7H2,(H,12,15). The van der Waals surface area contributed by atoms with Crippen LogP contribution in [0.3, 0.4) is 0 Å². The number of nitrogens with one attached hydrogen (secondary N) is 2. The van der Waals surface area contributed by atoms with E-state index in [1.54, 1.807) is 0 Å². The van der Waals surface area contributed by atoms with Gasteiger partial charge in [-0.05, 0) is 18.8 Å². The first-order valence-electron chi connectivity index (χ1n) is 5.85. The molecule has 0 bridgehead atoms. The average molecular weight is 272 g/mol. The third kappa shape index (κ3) is 2.63. The lowest BCUT2D eigenvalue weighted by Gasteiger charge is -2.18. The van der Waals surface area contributed by atoms with E-state index < -0.39 is 15.5 Å². The molecular formula is C11H16N2O4S. The highest BCUT2D eigenvalue weighted by Gasteiger charge is 2.31. The number of hydrogen-bond donors (Lipinski definition) is 3. The molecule has 1 saturated carbocycles. The number of rotatable bonds is 4. The lowest BCUT2D eigenvalue weighted by atomic mass is 10.1. The van der Waals surface area contributed by atoms with Crippen LogP contribution in [0.5, 0.6) is 0 Å². The Morgan fingerprint density at radius 3 is 2.89 bits per heavy atom.